The molecule has 5 heteroatoms. The highest BCUT2D eigenvalue weighted by atomic mass is 16.5. The van der Waals surface area contributed by atoms with Crippen molar-refractivity contribution in [3.63, 3.8) is 0 Å². The standard InChI is InChI=1S/C15H18N4O/c16-13-8-17-11-18-15(13)14-10-19(6-7-20-14)9-12-4-2-1-3-5-12/h1-5,8,11,14H,6-7,9-10,16H2/t14-/m0/s1. The van der Waals surface area contributed by atoms with Gasteiger partial charge in [0.2, 0.25) is 0 Å². The minimum Gasteiger partial charge on any atom is -0.396 e. The average Bonchev–Trinajstić information content (AvgIpc) is 2.49. The van der Waals surface area contributed by atoms with Gasteiger partial charge in [0.25, 0.3) is 0 Å². The number of benzene rings is 1. The van der Waals surface area contributed by atoms with Gasteiger partial charge in [0.05, 0.1) is 24.2 Å². The lowest BCUT2D eigenvalue weighted by atomic mass is 10.1. The van der Waals surface area contributed by atoms with Crippen molar-refractivity contribution in [2.45, 2.75) is 12.6 Å². The molecule has 1 atom stereocenters. The predicted molar refractivity (Wildman–Crippen MR) is 76.9 cm³/mol. The third-order valence-electron chi connectivity index (χ3n) is 3.48. The summed E-state index contributed by atoms with van der Waals surface area (Å²) in [5, 5.41) is 0. The minimum absolute atomic E-state index is 0.0736. The number of ether oxygens (including phenoxy) is 1. The van der Waals surface area contributed by atoms with E-state index in [0.717, 1.165) is 25.3 Å². The van der Waals surface area contributed by atoms with Crippen LogP contribution in [0.5, 0.6) is 0 Å². The van der Waals surface area contributed by atoms with Crippen LogP contribution >= 0.6 is 0 Å². The zero-order valence-corrected chi connectivity index (χ0v) is 11.3. The first-order valence-corrected chi connectivity index (χ1v) is 6.76. The molecule has 1 fully saturated rings. The Hall–Kier alpha value is -1.98. The van der Waals surface area contributed by atoms with Crippen LogP contribution in [-0.2, 0) is 11.3 Å². The van der Waals surface area contributed by atoms with Gasteiger partial charge >= 0.3 is 0 Å². The Kier molecular flexibility index (Phi) is 3.90. The topological polar surface area (TPSA) is 64.3 Å². The van der Waals surface area contributed by atoms with Crippen LogP contribution in [0.4, 0.5) is 5.69 Å². The van der Waals surface area contributed by atoms with Crippen LogP contribution in [0.2, 0.25) is 0 Å². The molecule has 104 valence electrons. The minimum atomic E-state index is -0.0736. The summed E-state index contributed by atoms with van der Waals surface area (Å²) < 4.78 is 5.80. The molecule has 3 rings (SSSR count). The molecule has 2 aromatic rings. The van der Waals surface area contributed by atoms with Crippen LogP contribution in [0.25, 0.3) is 0 Å². The summed E-state index contributed by atoms with van der Waals surface area (Å²) in [6.07, 6.45) is 3.07. The predicted octanol–water partition coefficient (Wildman–Crippen LogP) is 1.63. The number of rotatable bonds is 3. The molecule has 2 heterocycles. The van der Waals surface area contributed by atoms with E-state index in [0.29, 0.717) is 12.3 Å². The summed E-state index contributed by atoms with van der Waals surface area (Å²) in [6, 6.07) is 10.4. The molecule has 0 unspecified atom stereocenters. The molecule has 1 saturated heterocycles. The Morgan fingerprint density at radius 3 is 2.95 bits per heavy atom. The first kappa shape index (κ1) is 13.0. The number of nitrogens with two attached hydrogens (primary N) is 1. The largest absolute Gasteiger partial charge is 0.396 e. The average molecular weight is 270 g/mol. The molecule has 0 amide bonds. The number of anilines is 1. The molecular weight excluding hydrogens is 252 g/mol. The summed E-state index contributed by atoms with van der Waals surface area (Å²) in [7, 11) is 0. The number of hydrogen-bond donors (Lipinski definition) is 1. The first-order chi connectivity index (χ1) is 9.83. The zero-order chi connectivity index (χ0) is 13.8. The summed E-state index contributed by atoms with van der Waals surface area (Å²) in [6.45, 7) is 3.35. The maximum Gasteiger partial charge on any atom is 0.115 e. The molecule has 1 aromatic heterocycles. The second kappa shape index (κ2) is 5.98. The van der Waals surface area contributed by atoms with Crippen LogP contribution in [0, 0.1) is 0 Å². The van der Waals surface area contributed by atoms with Gasteiger partial charge in [0.1, 0.15) is 12.4 Å². The van der Waals surface area contributed by atoms with Crippen LogP contribution in [-0.4, -0.2) is 34.6 Å². The van der Waals surface area contributed by atoms with Crippen LogP contribution in [0.15, 0.2) is 42.9 Å². The van der Waals surface area contributed by atoms with Crippen molar-refractivity contribution < 1.29 is 4.74 Å². The third kappa shape index (κ3) is 2.95. The van der Waals surface area contributed by atoms with E-state index in [2.05, 4.69) is 39.1 Å². The summed E-state index contributed by atoms with van der Waals surface area (Å²) in [5.74, 6) is 0. The van der Waals surface area contributed by atoms with Crippen molar-refractivity contribution in [1.29, 1.82) is 0 Å². The maximum absolute atomic E-state index is 5.93. The van der Waals surface area contributed by atoms with Crippen molar-refractivity contribution >= 4 is 5.69 Å². The van der Waals surface area contributed by atoms with Crippen LogP contribution in [0.3, 0.4) is 0 Å². The summed E-state index contributed by atoms with van der Waals surface area (Å²) in [5.41, 5.74) is 8.62. The SMILES string of the molecule is Nc1cncnc1[C@@H]1CN(Cc2ccccc2)CCO1. The van der Waals surface area contributed by atoms with Gasteiger partial charge in [0, 0.05) is 19.6 Å². The van der Waals surface area contributed by atoms with E-state index in [1.54, 1.807) is 6.20 Å². The third-order valence-corrected chi connectivity index (χ3v) is 3.48. The molecule has 0 aliphatic carbocycles. The van der Waals surface area contributed by atoms with E-state index < -0.39 is 0 Å². The van der Waals surface area contributed by atoms with E-state index in [4.69, 9.17) is 10.5 Å². The molecule has 1 aliphatic rings. The zero-order valence-electron chi connectivity index (χ0n) is 11.3. The van der Waals surface area contributed by atoms with Gasteiger partial charge in [-0.05, 0) is 5.56 Å². The van der Waals surface area contributed by atoms with Gasteiger partial charge in [-0.2, -0.15) is 0 Å². The van der Waals surface area contributed by atoms with E-state index >= 15 is 0 Å². The molecule has 0 spiro atoms. The van der Waals surface area contributed by atoms with Crippen molar-refractivity contribution in [2.75, 3.05) is 25.4 Å². The Morgan fingerprint density at radius 2 is 2.15 bits per heavy atom. The number of nitrogens with zero attached hydrogens (tertiary/aromatic N) is 3. The Labute approximate surface area is 118 Å². The fourth-order valence-electron chi connectivity index (χ4n) is 2.47. The van der Waals surface area contributed by atoms with Crippen molar-refractivity contribution in [3.8, 4) is 0 Å². The van der Waals surface area contributed by atoms with E-state index in [-0.39, 0.29) is 6.10 Å². The lowest BCUT2D eigenvalue weighted by Crippen LogP contribution is -2.38. The van der Waals surface area contributed by atoms with Crippen molar-refractivity contribution in [1.82, 2.24) is 14.9 Å². The number of hydrogen-bond acceptors (Lipinski definition) is 5. The molecular formula is C15H18N4O. The fraction of sp³-hybridized carbons (Fsp3) is 0.333. The molecule has 0 radical (unpaired) electrons. The smallest absolute Gasteiger partial charge is 0.115 e. The fourth-order valence-corrected chi connectivity index (χ4v) is 2.47. The van der Waals surface area contributed by atoms with Crippen LogP contribution in [0.1, 0.15) is 17.4 Å². The normalized spacial score (nSPS) is 19.9. The first-order valence-electron chi connectivity index (χ1n) is 6.76. The number of aromatic nitrogens is 2. The highest BCUT2D eigenvalue weighted by Gasteiger charge is 2.24. The van der Waals surface area contributed by atoms with Gasteiger partial charge < -0.3 is 10.5 Å². The van der Waals surface area contributed by atoms with Gasteiger partial charge in [-0.25, -0.2) is 9.97 Å². The molecule has 0 bridgehead atoms. The summed E-state index contributed by atoms with van der Waals surface area (Å²) in [4.78, 5) is 10.5. The van der Waals surface area contributed by atoms with E-state index in [1.807, 2.05) is 6.07 Å². The highest BCUT2D eigenvalue weighted by molar-refractivity contribution is 5.41. The van der Waals surface area contributed by atoms with Crippen molar-refractivity contribution in [3.05, 3.63) is 54.1 Å². The molecule has 0 saturated carbocycles. The second-order valence-corrected chi connectivity index (χ2v) is 4.94. The van der Waals surface area contributed by atoms with Crippen molar-refractivity contribution in [2.24, 2.45) is 0 Å². The number of nitrogen functional groups attached to an aromatic ring is 1. The van der Waals surface area contributed by atoms with E-state index in [9.17, 15) is 0 Å². The maximum atomic E-state index is 5.93. The van der Waals surface area contributed by atoms with Crippen LogP contribution < -0.4 is 5.73 Å². The van der Waals surface area contributed by atoms with E-state index in [1.165, 1.54) is 11.9 Å². The molecule has 1 aromatic carbocycles. The molecule has 20 heavy (non-hydrogen) atoms. The monoisotopic (exact) mass is 270 g/mol. The Morgan fingerprint density at radius 1 is 1.30 bits per heavy atom. The van der Waals surface area contributed by atoms with Gasteiger partial charge in [-0.15, -0.1) is 0 Å². The van der Waals surface area contributed by atoms with Gasteiger partial charge in [-0.3, -0.25) is 4.90 Å². The quantitative estimate of drug-likeness (QED) is 0.918. The van der Waals surface area contributed by atoms with Gasteiger partial charge in [-0.1, -0.05) is 30.3 Å². The lowest BCUT2D eigenvalue weighted by molar-refractivity contribution is -0.0346. The molecule has 1 aliphatic heterocycles. The highest BCUT2D eigenvalue weighted by Crippen LogP contribution is 2.24. The van der Waals surface area contributed by atoms with Gasteiger partial charge in [0.15, 0.2) is 0 Å². The summed E-state index contributed by atoms with van der Waals surface area (Å²) >= 11 is 0. The second-order valence-electron chi connectivity index (χ2n) is 4.94. The molecule has 2 N–H and O–H groups in total. The Bertz CT molecular complexity index is 561. The Balaban J connectivity index is 1.69. The lowest BCUT2D eigenvalue weighted by Gasteiger charge is -2.32. The number of morpholine rings is 1. The molecule has 5 nitrogen and oxygen atoms in total.